The maximum atomic E-state index is 12.1. The van der Waals surface area contributed by atoms with Gasteiger partial charge in [-0.3, -0.25) is 0 Å². The van der Waals surface area contributed by atoms with Crippen molar-refractivity contribution in [1.29, 1.82) is 0 Å². The van der Waals surface area contributed by atoms with E-state index in [2.05, 4.69) is 5.32 Å². The minimum atomic E-state index is -1.02. The number of carboxylic acid groups (broad SMARTS) is 1. The van der Waals surface area contributed by atoms with E-state index in [0.717, 1.165) is 31.2 Å². The van der Waals surface area contributed by atoms with Gasteiger partial charge in [0.1, 0.15) is 12.6 Å². The van der Waals surface area contributed by atoms with Crippen LogP contribution in [0.2, 0.25) is 0 Å². The smallest absolute Gasteiger partial charge is 0.408 e. The summed E-state index contributed by atoms with van der Waals surface area (Å²) in [6, 6.07) is 8.37. The molecule has 6 nitrogen and oxygen atoms in total. The fourth-order valence-corrected chi connectivity index (χ4v) is 3.99. The molecule has 3 rings (SSSR count). The highest BCUT2D eigenvalue weighted by Gasteiger charge is 2.44. The van der Waals surface area contributed by atoms with Crippen LogP contribution in [0.3, 0.4) is 0 Å². The van der Waals surface area contributed by atoms with Crippen molar-refractivity contribution in [3.05, 3.63) is 35.9 Å². The normalized spacial score (nSPS) is 23.1. The topological polar surface area (TPSA) is 84.9 Å². The molecule has 1 spiro atoms. The van der Waals surface area contributed by atoms with Gasteiger partial charge in [0.2, 0.25) is 0 Å². The molecular formula is C19H25NO5. The molecule has 6 heteroatoms. The van der Waals surface area contributed by atoms with Crippen molar-refractivity contribution in [1.82, 2.24) is 5.32 Å². The summed E-state index contributed by atoms with van der Waals surface area (Å²) in [5, 5.41) is 12.1. The quantitative estimate of drug-likeness (QED) is 0.855. The van der Waals surface area contributed by atoms with Gasteiger partial charge in [0.15, 0.2) is 0 Å². The van der Waals surface area contributed by atoms with E-state index in [-0.39, 0.29) is 18.1 Å². The molecule has 1 aromatic rings. The van der Waals surface area contributed by atoms with Gasteiger partial charge in [-0.05, 0) is 37.2 Å². The lowest BCUT2D eigenvalue weighted by Crippen LogP contribution is -2.51. The van der Waals surface area contributed by atoms with E-state index in [0.29, 0.717) is 19.4 Å². The lowest BCUT2D eigenvalue weighted by Gasteiger charge is -2.40. The standard InChI is InChI=1S/C19H25NO5/c21-17(22)16(15-8-11-25-19(12-15)9-4-5-10-19)20-18(23)24-13-14-6-2-1-3-7-14/h1-3,6-7,15-16H,4-5,8-13H2,(H,20,23)(H,21,22). The molecule has 0 radical (unpaired) electrons. The van der Waals surface area contributed by atoms with E-state index in [9.17, 15) is 14.7 Å². The molecule has 2 N–H and O–H groups in total. The number of ether oxygens (including phenoxy) is 2. The number of nitrogens with one attached hydrogen (secondary N) is 1. The van der Waals surface area contributed by atoms with Gasteiger partial charge in [0.05, 0.1) is 5.60 Å². The van der Waals surface area contributed by atoms with Crippen molar-refractivity contribution in [2.75, 3.05) is 6.61 Å². The van der Waals surface area contributed by atoms with Gasteiger partial charge in [-0.15, -0.1) is 0 Å². The second kappa shape index (κ2) is 7.87. The van der Waals surface area contributed by atoms with E-state index in [1.54, 1.807) is 0 Å². The number of rotatable bonds is 5. The van der Waals surface area contributed by atoms with Crippen LogP contribution in [0, 0.1) is 5.92 Å². The van der Waals surface area contributed by atoms with Crippen molar-refractivity contribution < 1.29 is 24.2 Å². The van der Waals surface area contributed by atoms with E-state index >= 15 is 0 Å². The number of carbonyl (C=O) groups is 2. The first kappa shape index (κ1) is 17.7. The summed E-state index contributed by atoms with van der Waals surface area (Å²) in [5.74, 6) is -1.15. The van der Waals surface area contributed by atoms with E-state index in [1.807, 2.05) is 30.3 Å². The Hall–Kier alpha value is -2.08. The Morgan fingerprint density at radius 3 is 2.68 bits per heavy atom. The number of hydrogen-bond acceptors (Lipinski definition) is 4. The van der Waals surface area contributed by atoms with Gasteiger partial charge in [-0.25, -0.2) is 9.59 Å². The fourth-order valence-electron chi connectivity index (χ4n) is 3.99. The van der Waals surface area contributed by atoms with Gasteiger partial charge in [0.25, 0.3) is 0 Å². The second-order valence-electron chi connectivity index (χ2n) is 7.01. The lowest BCUT2D eigenvalue weighted by molar-refractivity contribution is -0.145. The van der Waals surface area contributed by atoms with Crippen molar-refractivity contribution >= 4 is 12.1 Å². The Morgan fingerprint density at radius 1 is 1.28 bits per heavy atom. The van der Waals surface area contributed by atoms with Crippen LogP contribution < -0.4 is 5.32 Å². The zero-order chi connectivity index (χ0) is 17.7. The monoisotopic (exact) mass is 347 g/mol. The average Bonchev–Trinajstić information content (AvgIpc) is 3.06. The summed E-state index contributed by atoms with van der Waals surface area (Å²) in [6.45, 7) is 0.673. The zero-order valence-electron chi connectivity index (χ0n) is 14.3. The minimum absolute atomic E-state index is 0.122. The molecule has 1 aromatic carbocycles. The second-order valence-corrected chi connectivity index (χ2v) is 7.01. The Morgan fingerprint density at radius 2 is 2.00 bits per heavy atom. The molecule has 1 aliphatic carbocycles. The molecule has 2 atom stereocenters. The maximum absolute atomic E-state index is 12.1. The van der Waals surface area contributed by atoms with Crippen molar-refractivity contribution in [2.45, 2.75) is 56.8 Å². The molecule has 2 unspecified atom stereocenters. The van der Waals surface area contributed by atoms with E-state index in [4.69, 9.17) is 9.47 Å². The van der Waals surface area contributed by atoms with Crippen LogP contribution in [-0.2, 0) is 20.9 Å². The number of aliphatic carboxylic acids is 1. The van der Waals surface area contributed by atoms with Crippen LogP contribution in [0.5, 0.6) is 0 Å². The number of hydrogen-bond donors (Lipinski definition) is 2. The van der Waals surface area contributed by atoms with Gasteiger partial charge >= 0.3 is 12.1 Å². The fraction of sp³-hybridized carbons (Fsp3) is 0.579. The first-order valence-corrected chi connectivity index (χ1v) is 8.92. The molecule has 25 heavy (non-hydrogen) atoms. The summed E-state index contributed by atoms with van der Waals surface area (Å²) >= 11 is 0. The van der Waals surface area contributed by atoms with Crippen LogP contribution in [-0.4, -0.2) is 35.4 Å². The van der Waals surface area contributed by atoms with Gasteiger partial charge < -0.3 is 19.9 Å². The lowest BCUT2D eigenvalue weighted by atomic mass is 9.80. The SMILES string of the molecule is O=C(NC(C(=O)O)C1CCOC2(CCCC2)C1)OCc1ccccc1. The molecule has 1 saturated heterocycles. The molecule has 1 amide bonds. The molecule has 1 aliphatic heterocycles. The molecule has 1 saturated carbocycles. The first-order valence-electron chi connectivity index (χ1n) is 8.92. The van der Waals surface area contributed by atoms with Crippen molar-refractivity contribution in [2.24, 2.45) is 5.92 Å². The Balaban J connectivity index is 1.57. The molecular weight excluding hydrogens is 322 g/mol. The maximum Gasteiger partial charge on any atom is 0.408 e. The van der Waals surface area contributed by atoms with Crippen molar-refractivity contribution in [3.8, 4) is 0 Å². The molecule has 0 aromatic heterocycles. The number of carboxylic acids is 1. The zero-order valence-corrected chi connectivity index (χ0v) is 14.3. The molecule has 136 valence electrons. The predicted octanol–water partition coefficient (Wildman–Crippen LogP) is 3.11. The Labute approximate surface area is 147 Å². The van der Waals surface area contributed by atoms with Crippen LogP contribution >= 0.6 is 0 Å². The van der Waals surface area contributed by atoms with E-state index in [1.165, 1.54) is 0 Å². The number of carbonyl (C=O) groups excluding carboxylic acids is 1. The highest BCUT2D eigenvalue weighted by molar-refractivity contribution is 5.80. The Bertz CT molecular complexity index is 597. The number of amides is 1. The van der Waals surface area contributed by atoms with Crippen LogP contribution in [0.1, 0.15) is 44.1 Å². The Kier molecular flexibility index (Phi) is 5.58. The molecule has 2 aliphatic rings. The number of benzene rings is 1. The third-order valence-corrected chi connectivity index (χ3v) is 5.27. The largest absolute Gasteiger partial charge is 0.480 e. The molecule has 1 heterocycles. The van der Waals surface area contributed by atoms with Gasteiger partial charge in [0, 0.05) is 6.61 Å². The van der Waals surface area contributed by atoms with Gasteiger partial charge in [-0.1, -0.05) is 43.2 Å². The summed E-state index contributed by atoms with van der Waals surface area (Å²) in [4.78, 5) is 23.8. The predicted molar refractivity (Wildman–Crippen MR) is 91.1 cm³/mol. The first-order chi connectivity index (χ1) is 12.1. The van der Waals surface area contributed by atoms with Crippen LogP contribution in [0.4, 0.5) is 4.79 Å². The minimum Gasteiger partial charge on any atom is -0.480 e. The summed E-state index contributed by atoms with van der Waals surface area (Å²) in [7, 11) is 0. The highest BCUT2D eigenvalue weighted by Crippen LogP contribution is 2.42. The average molecular weight is 347 g/mol. The summed E-state index contributed by atoms with van der Waals surface area (Å²) < 4.78 is 11.1. The van der Waals surface area contributed by atoms with Crippen LogP contribution in [0.15, 0.2) is 30.3 Å². The van der Waals surface area contributed by atoms with E-state index < -0.39 is 18.1 Å². The number of alkyl carbamates (subject to hydrolysis) is 1. The third-order valence-electron chi connectivity index (χ3n) is 5.27. The summed E-state index contributed by atoms with van der Waals surface area (Å²) in [5.41, 5.74) is 0.673. The summed E-state index contributed by atoms with van der Waals surface area (Å²) in [6.07, 6.45) is 4.83. The van der Waals surface area contributed by atoms with Gasteiger partial charge in [-0.2, -0.15) is 0 Å². The highest BCUT2D eigenvalue weighted by atomic mass is 16.5. The molecule has 2 fully saturated rings. The van der Waals surface area contributed by atoms with Crippen LogP contribution in [0.25, 0.3) is 0 Å². The third kappa shape index (κ3) is 4.51. The molecule has 0 bridgehead atoms. The van der Waals surface area contributed by atoms with Crippen molar-refractivity contribution in [3.63, 3.8) is 0 Å².